The van der Waals surface area contributed by atoms with E-state index in [9.17, 15) is 26.8 Å². The van der Waals surface area contributed by atoms with E-state index in [0.29, 0.717) is 23.0 Å². The average Bonchev–Trinajstić information content (AvgIpc) is 3.32. The summed E-state index contributed by atoms with van der Waals surface area (Å²) in [7, 11) is -4.28. The Morgan fingerprint density at radius 1 is 1.02 bits per heavy atom. The van der Waals surface area contributed by atoms with Crippen molar-refractivity contribution in [3.63, 3.8) is 0 Å². The van der Waals surface area contributed by atoms with Gasteiger partial charge in [-0.3, -0.25) is 19.6 Å². The fourth-order valence-corrected chi connectivity index (χ4v) is 7.02. The molecule has 2 aromatic carbocycles. The molecule has 2 aliphatic rings. The molecule has 2 aliphatic heterocycles. The maximum atomic E-state index is 13.9. The molecule has 41 heavy (non-hydrogen) atoms. The number of hydrogen-bond donors (Lipinski definition) is 3. The number of nitrogens with zero attached hydrogens (tertiary/aromatic N) is 3. The van der Waals surface area contributed by atoms with E-state index in [1.807, 2.05) is 0 Å². The number of carbonyl (C=O) groups is 2. The van der Waals surface area contributed by atoms with E-state index in [2.05, 4.69) is 25.7 Å². The average molecular weight is 587 g/mol. The number of aromatic amines is 1. The fourth-order valence-electron chi connectivity index (χ4n) is 5.41. The Bertz CT molecular complexity index is 1560. The number of aromatic nitrogens is 2. The van der Waals surface area contributed by atoms with Crippen LogP contribution in [0.4, 0.5) is 20.3 Å². The molecule has 0 unspecified atom stereocenters. The second-order valence-corrected chi connectivity index (χ2v) is 13.0. The highest BCUT2D eigenvalue weighted by Gasteiger charge is 2.41. The molecule has 0 saturated carbocycles. The zero-order valence-corrected chi connectivity index (χ0v) is 23.7. The van der Waals surface area contributed by atoms with E-state index >= 15 is 0 Å². The number of nitrogens with one attached hydrogen (secondary N) is 3. The number of fused-ring (bicyclic) bond motifs is 1. The predicted octanol–water partition coefficient (Wildman–Crippen LogP) is 3.85. The van der Waals surface area contributed by atoms with Gasteiger partial charge in [0.15, 0.2) is 5.82 Å². The first-order chi connectivity index (χ1) is 19.4. The summed E-state index contributed by atoms with van der Waals surface area (Å²) in [4.78, 5) is 27.7. The molecule has 13 heteroatoms. The fraction of sp³-hybridized carbons (Fsp3) is 0.393. The highest BCUT2D eigenvalue weighted by Crippen LogP contribution is 2.38. The van der Waals surface area contributed by atoms with E-state index in [1.165, 1.54) is 0 Å². The smallest absolute Gasteiger partial charge is 0.258 e. The van der Waals surface area contributed by atoms with Gasteiger partial charge in [0.25, 0.3) is 5.91 Å². The van der Waals surface area contributed by atoms with Crippen LogP contribution in [0, 0.1) is 11.6 Å². The van der Waals surface area contributed by atoms with Gasteiger partial charge in [0.05, 0.1) is 22.7 Å². The first kappa shape index (κ1) is 28.8. The molecule has 218 valence electrons. The van der Waals surface area contributed by atoms with Crippen LogP contribution in [-0.4, -0.2) is 65.8 Å². The number of amides is 2. The summed E-state index contributed by atoms with van der Waals surface area (Å²) in [5.74, 6) is -2.64. The van der Waals surface area contributed by atoms with Gasteiger partial charge in [-0.15, -0.1) is 0 Å². The van der Waals surface area contributed by atoms with Crippen LogP contribution in [0.1, 0.15) is 54.7 Å². The second kappa shape index (κ2) is 11.3. The van der Waals surface area contributed by atoms with E-state index in [4.69, 9.17) is 0 Å². The van der Waals surface area contributed by atoms with Crippen molar-refractivity contribution in [2.45, 2.75) is 50.0 Å². The van der Waals surface area contributed by atoms with Crippen molar-refractivity contribution >= 4 is 33.3 Å². The van der Waals surface area contributed by atoms with Crippen LogP contribution in [0.15, 0.2) is 47.4 Å². The Morgan fingerprint density at radius 2 is 1.71 bits per heavy atom. The summed E-state index contributed by atoms with van der Waals surface area (Å²) >= 11 is 0. The van der Waals surface area contributed by atoms with Gasteiger partial charge < -0.3 is 10.6 Å². The van der Waals surface area contributed by atoms with Crippen molar-refractivity contribution < 1.29 is 26.8 Å². The zero-order valence-electron chi connectivity index (χ0n) is 22.8. The van der Waals surface area contributed by atoms with Crippen molar-refractivity contribution in [3.05, 3.63) is 70.9 Å². The minimum absolute atomic E-state index is 0.0158. The van der Waals surface area contributed by atoms with Crippen LogP contribution < -0.4 is 10.6 Å². The van der Waals surface area contributed by atoms with Gasteiger partial charge in [-0.2, -0.15) is 9.40 Å². The second-order valence-electron chi connectivity index (χ2n) is 11.1. The highest BCUT2D eigenvalue weighted by atomic mass is 32.2. The maximum absolute atomic E-state index is 13.9. The number of sulfonamides is 1. The van der Waals surface area contributed by atoms with Crippen LogP contribution in [-0.2, 0) is 26.8 Å². The van der Waals surface area contributed by atoms with Gasteiger partial charge in [0, 0.05) is 35.8 Å². The quantitative estimate of drug-likeness (QED) is 0.386. The van der Waals surface area contributed by atoms with E-state index < -0.39 is 37.9 Å². The molecular formula is C28H32F2N6O4S. The molecule has 0 spiro atoms. The number of carbonyl (C=O) groups excluding carboxylic acids is 2. The first-order valence-corrected chi connectivity index (χ1v) is 14.8. The molecular weight excluding hydrogens is 554 g/mol. The lowest BCUT2D eigenvalue weighted by atomic mass is 9.84. The van der Waals surface area contributed by atoms with Gasteiger partial charge in [0.2, 0.25) is 15.9 Å². The molecule has 2 amide bonds. The molecule has 0 bridgehead atoms. The Hall–Kier alpha value is -3.68. The molecule has 1 fully saturated rings. The Balaban J connectivity index is 1.37. The summed E-state index contributed by atoms with van der Waals surface area (Å²) in [6.07, 6.45) is 3.26. The number of anilines is 2. The molecule has 0 atom stereocenters. The van der Waals surface area contributed by atoms with Crippen molar-refractivity contribution in [1.29, 1.82) is 0 Å². The lowest BCUT2D eigenvalue weighted by Gasteiger charge is -2.36. The third-order valence-corrected chi connectivity index (χ3v) is 9.19. The molecule has 3 heterocycles. The van der Waals surface area contributed by atoms with E-state index in [1.54, 1.807) is 38.1 Å². The number of hydrogen-bond acceptors (Lipinski definition) is 6. The van der Waals surface area contributed by atoms with Crippen LogP contribution in [0.2, 0.25) is 0 Å². The summed E-state index contributed by atoms with van der Waals surface area (Å²) in [5, 5.41) is 12.7. The van der Waals surface area contributed by atoms with Crippen molar-refractivity contribution in [2.24, 2.45) is 0 Å². The maximum Gasteiger partial charge on any atom is 0.258 e. The van der Waals surface area contributed by atoms with Crippen LogP contribution in [0.25, 0.3) is 0 Å². The van der Waals surface area contributed by atoms with Crippen molar-refractivity contribution in [3.8, 4) is 0 Å². The Morgan fingerprint density at radius 3 is 2.41 bits per heavy atom. The van der Waals surface area contributed by atoms with Crippen molar-refractivity contribution in [1.82, 2.24) is 19.4 Å². The third kappa shape index (κ3) is 6.16. The van der Waals surface area contributed by atoms with E-state index in [0.717, 1.165) is 48.8 Å². The van der Waals surface area contributed by atoms with Gasteiger partial charge in [-0.25, -0.2) is 17.2 Å². The summed E-state index contributed by atoms with van der Waals surface area (Å²) in [6, 6.07) is 8.75. The summed E-state index contributed by atoms with van der Waals surface area (Å²) < 4.78 is 55.6. The third-order valence-electron chi connectivity index (χ3n) is 7.42. The molecule has 0 aliphatic carbocycles. The molecule has 0 radical (unpaired) electrons. The monoisotopic (exact) mass is 586 g/mol. The molecule has 3 aromatic rings. The number of benzene rings is 2. The lowest BCUT2D eigenvalue weighted by Crippen LogP contribution is -2.45. The number of H-pyrrole nitrogens is 1. The molecule has 5 rings (SSSR count). The summed E-state index contributed by atoms with van der Waals surface area (Å²) in [6.45, 7) is 5.39. The SMILES string of the molecule is CC1(C)CN(S(=O)(=O)c2cc(F)cc(F)c2)Cc2c(NC(=O)c3ccccc3NC(=O)CN3CCCCC3)n[nH]c21. The predicted molar refractivity (Wildman–Crippen MR) is 149 cm³/mol. The number of para-hydroxylation sites is 1. The normalized spacial score (nSPS) is 17.6. The van der Waals surface area contributed by atoms with Gasteiger partial charge >= 0.3 is 0 Å². The summed E-state index contributed by atoms with van der Waals surface area (Å²) in [5.41, 5.74) is 0.859. The lowest BCUT2D eigenvalue weighted by molar-refractivity contribution is -0.117. The minimum Gasteiger partial charge on any atom is -0.324 e. The van der Waals surface area contributed by atoms with Crippen LogP contribution in [0.3, 0.4) is 0 Å². The molecule has 1 saturated heterocycles. The topological polar surface area (TPSA) is 128 Å². The van der Waals surface area contributed by atoms with Crippen LogP contribution >= 0.6 is 0 Å². The Kier molecular flexibility index (Phi) is 7.95. The highest BCUT2D eigenvalue weighted by molar-refractivity contribution is 7.89. The number of rotatable bonds is 7. The number of halogens is 2. The zero-order chi connectivity index (χ0) is 29.4. The molecule has 1 aromatic heterocycles. The first-order valence-electron chi connectivity index (χ1n) is 13.4. The van der Waals surface area contributed by atoms with Crippen LogP contribution in [0.5, 0.6) is 0 Å². The Labute approximate surface area is 237 Å². The molecule has 10 nitrogen and oxygen atoms in total. The van der Waals surface area contributed by atoms with Gasteiger partial charge in [0.1, 0.15) is 11.6 Å². The minimum atomic E-state index is -4.28. The number of piperidine rings is 1. The van der Waals surface area contributed by atoms with E-state index in [-0.39, 0.29) is 36.9 Å². The van der Waals surface area contributed by atoms with Crippen molar-refractivity contribution in [2.75, 3.05) is 36.8 Å². The largest absolute Gasteiger partial charge is 0.324 e. The molecule has 3 N–H and O–H groups in total. The van der Waals surface area contributed by atoms with Gasteiger partial charge in [-0.05, 0) is 50.2 Å². The number of likely N-dealkylation sites (tertiary alicyclic amines) is 1. The van der Waals surface area contributed by atoms with Gasteiger partial charge in [-0.1, -0.05) is 32.4 Å². The standard InChI is InChI=1S/C28H32F2N6O4S/c1-28(2)17-36(41(39,40)20-13-18(29)12-19(30)14-20)15-22-25(28)33-34-26(22)32-27(38)21-8-4-5-9-23(21)31-24(37)16-35-10-6-3-7-11-35/h4-5,8-9,12-14H,3,6-7,10-11,15-17H2,1-2H3,(H,31,37)(H2,32,33,34,38).